The summed E-state index contributed by atoms with van der Waals surface area (Å²) in [7, 11) is 0. The van der Waals surface area contributed by atoms with Crippen molar-refractivity contribution in [1.29, 1.82) is 0 Å². The van der Waals surface area contributed by atoms with Crippen LogP contribution >= 0.6 is 0 Å². The number of rotatable bonds is 3. The van der Waals surface area contributed by atoms with Gasteiger partial charge in [-0.15, -0.1) is 0 Å². The Bertz CT molecular complexity index is 351. The minimum absolute atomic E-state index is 0.303. The summed E-state index contributed by atoms with van der Waals surface area (Å²) in [5.41, 5.74) is 0. The van der Waals surface area contributed by atoms with E-state index < -0.39 is 0 Å². The van der Waals surface area contributed by atoms with Gasteiger partial charge in [-0.25, -0.2) is 0 Å². The first-order valence-electron chi connectivity index (χ1n) is 9.44. The van der Waals surface area contributed by atoms with Crippen LogP contribution in [0.3, 0.4) is 0 Å². The Kier molecular flexibility index (Phi) is 5.75. The zero-order valence-electron chi connectivity index (χ0n) is 14.2. The number of carbonyl (C=O) groups is 1. The van der Waals surface area contributed by atoms with Crippen molar-refractivity contribution in [2.45, 2.75) is 45.4 Å². The summed E-state index contributed by atoms with van der Waals surface area (Å²) in [5, 5.41) is 3.44. The standard InChI is InChI=1S/C18H33N3O/c1-15-4-12-21(13-5-15)18(22)17-6-10-20(11-7-17)14-16-2-8-19-9-3-16/h15-17,19H,2-14H2,1H3. The molecular weight excluding hydrogens is 274 g/mol. The van der Waals surface area contributed by atoms with E-state index in [9.17, 15) is 4.79 Å². The van der Waals surface area contributed by atoms with E-state index in [1.807, 2.05) is 0 Å². The lowest BCUT2D eigenvalue weighted by Crippen LogP contribution is -2.46. The van der Waals surface area contributed by atoms with Crippen LogP contribution in [0.4, 0.5) is 0 Å². The van der Waals surface area contributed by atoms with Gasteiger partial charge in [0.1, 0.15) is 0 Å². The van der Waals surface area contributed by atoms with E-state index in [0.29, 0.717) is 11.8 Å². The minimum atomic E-state index is 0.303. The fourth-order valence-electron chi connectivity index (χ4n) is 4.28. The van der Waals surface area contributed by atoms with Gasteiger partial charge in [0.25, 0.3) is 0 Å². The Morgan fingerprint density at radius 3 is 2.23 bits per heavy atom. The highest BCUT2D eigenvalue weighted by molar-refractivity contribution is 5.79. The van der Waals surface area contributed by atoms with E-state index in [1.54, 1.807) is 0 Å². The Morgan fingerprint density at radius 1 is 0.955 bits per heavy atom. The number of piperidine rings is 3. The van der Waals surface area contributed by atoms with Gasteiger partial charge in [0.15, 0.2) is 0 Å². The molecule has 3 fully saturated rings. The van der Waals surface area contributed by atoms with Gasteiger partial charge in [-0.2, -0.15) is 0 Å². The zero-order chi connectivity index (χ0) is 15.4. The molecule has 0 bridgehead atoms. The summed E-state index contributed by atoms with van der Waals surface area (Å²) >= 11 is 0. The lowest BCUT2D eigenvalue weighted by Gasteiger charge is -2.38. The second-order valence-corrected chi connectivity index (χ2v) is 7.78. The number of hydrogen-bond acceptors (Lipinski definition) is 3. The van der Waals surface area contributed by atoms with E-state index in [4.69, 9.17) is 0 Å². The molecule has 0 aromatic rings. The molecule has 0 atom stereocenters. The summed E-state index contributed by atoms with van der Waals surface area (Å²) in [5.74, 6) is 2.43. The molecule has 3 aliphatic rings. The highest BCUT2D eigenvalue weighted by Gasteiger charge is 2.30. The van der Waals surface area contributed by atoms with E-state index in [2.05, 4.69) is 22.0 Å². The van der Waals surface area contributed by atoms with E-state index in [1.165, 1.54) is 45.3 Å². The van der Waals surface area contributed by atoms with Crippen molar-refractivity contribution in [3.05, 3.63) is 0 Å². The second-order valence-electron chi connectivity index (χ2n) is 7.78. The summed E-state index contributed by atoms with van der Waals surface area (Å²) in [6.45, 7) is 10.2. The summed E-state index contributed by atoms with van der Waals surface area (Å²) < 4.78 is 0. The van der Waals surface area contributed by atoms with E-state index in [-0.39, 0.29) is 0 Å². The summed E-state index contributed by atoms with van der Waals surface area (Å²) in [4.78, 5) is 17.4. The molecule has 0 radical (unpaired) electrons. The molecule has 3 rings (SSSR count). The summed E-state index contributed by atoms with van der Waals surface area (Å²) in [6.07, 6.45) is 7.20. The topological polar surface area (TPSA) is 35.6 Å². The van der Waals surface area contributed by atoms with Crippen LogP contribution in [-0.4, -0.2) is 61.5 Å². The van der Waals surface area contributed by atoms with Gasteiger partial charge in [-0.05, 0) is 76.5 Å². The van der Waals surface area contributed by atoms with Gasteiger partial charge < -0.3 is 15.1 Å². The predicted molar refractivity (Wildman–Crippen MR) is 89.7 cm³/mol. The molecule has 3 aliphatic heterocycles. The monoisotopic (exact) mass is 307 g/mol. The molecule has 0 aromatic carbocycles. The first kappa shape index (κ1) is 16.3. The van der Waals surface area contributed by atoms with Crippen LogP contribution in [0.15, 0.2) is 0 Å². The number of likely N-dealkylation sites (tertiary alicyclic amines) is 2. The molecule has 3 heterocycles. The molecule has 4 heteroatoms. The van der Waals surface area contributed by atoms with Gasteiger partial charge >= 0.3 is 0 Å². The van der Waals surface area contributed by atoms with Gasteiger partial charge in [0.2, 0.25) is 5.91 Å². The van der Waals surface area contributed by atoms with Crippen LogP contribution in [0.5, 0.6) is 0 Å². The van der Waals surface area contributed by atoms with Gasteiger partial charge in [-0.3, -0.25) is 4.79 Å². The molecule has 0 unspecified atom stereocenters. The SMILES string of the molecule is CC1CCN(C(=O)C2CCN(CC3CCNCC3)CC2)CC1. The van der Waals surface area contributed by atoms with Crippen molar-refractivity contribution in [3.8, 4) is 0 Å². The number of nitrogens with one attached hydrogen (secondary N) is 1. The predicted octanol–water partition coefficient (Wildman–Crippen LogP) is 1.96. The van der Waals surface area contributed by atoms with Gasteiger partial charge in [0, 0.05) is 25.6 Å². The number of hydrogen-bond donors (Lipinski definition) is 1. The molecule has 4 nitrogen and oxygen atoms in total. The lowest BCUT2D eigenvalue weighted by atomic mass is 9.91. The Balaban J connectivity index is 1.40. The Morgan fingerprint density at radius 2 is 1.59 bits per heavy atom. The lowest BCUT2D eigenvalue weighted by molar-refractivity contribution is -0.138. The maximum atomic E-state index is 12.7. The van der Waals surface area contributed by atoms with Crippen LogP contribution in [0.2, 0.25) is 0 Å². The molecule has 0 aromatic heterocycles. The van der Waals surface area contributed by atoms with Crippen LogP contribution in [-0.2, 0) is 4.79 Å². The smallest absolute Gasteiger partial charge is 0.225 e. The fraction of sp³-hybridized carbons (Fsp3) is 0.944. The third kappa shape index (κ3) is 4.23. The molecule has 1 amide bonds. The second kappa shape index (κ2) is 7.78. The highest BCUT2D eigenvalue weighted by atomic mass is 16.2. The number of nitrogens with zero attached hydrogens (tertiary/aromatic N) is 2. The quantitative estimate of drug-likeness (QED) is 0.866. The van der Waals surface area contributed by atoms with Crippen LogP contribution < -0.4 is 5.32 Å². The van der Waals surface area contributed by atoms with Crippen LogP contribution in [0.1, 0.15) is 45.4 Å². The van der Waals surface area contributed by atoms with Crippen molar-refractivity contribution in [3.63, 3.8) is 0 Å². The number of carbonyl (C=O) groups excluding carboxylic acids is 1. The Labute approximate surface area is 135 Å². The van der Waals surface area contributed by atoms with Gasteiger partial charge in [0.05, 0.1) is 0 Å². The first-order chi connectivity index (χ1) is 10.7. The third-order valence-corrected chi connectivity index (χ3v) is 6.01. The number of amides is 1. The minimum Gasteiger partial charge on any atom is -0.342 e. The fourth-order valence-corrected chi connectivity index (χ4v) is 4.28. The van der Waals surface area contributed by atoms with Crippen molar-refractivity contribution in [2.24, 2.45) is 17.8 Å². The largest absolute Gasteiger partial charge is 0.342 e. The average Bonchev–Trinajstić information content (AvgIpc) is 2.57. The van der Waals surface area contributed by atoms with Crippen LogP contribution in [0.25, 0.3) is 0 Å². The summed E-state index contributed by atoms with van der Waals surface area (Å²) in [6, 6.07) is 0. The zero-order valence-corrected chi connectivity index (χ0v) is 14.2. The van der Waals surface area contributed by atoms with Crippen molar-refractivity contribution in [2.75, 3.05) is 45.8 Å². The molecule has 1 N–H and O–H groups in total. The maximum absolute atomic E-state index is 12.7. The van der Waals surface area contributed by atoms with E-state index in [0.717, 1.165) is 50.9 Å². The molecule has 0 spiro atoms. The highest BCUT2D eigenvalue weighted by Crippen LogP contribution is 2.25. The normalized spacial score (nSPS) is 27.2. The molecule has 0 saturated carbocycles. The van der Waals surface area contributed by atoms with Crippen LogP contribution in [0, 0.1) is 17.8 Å². The average molecular weight is 307 g/mol. The molecule has 0 aliphatic carbocycles. The van der Waals surface area contributed by atoms with Gasteiger partial charge in [-0.1, -0.05) is 6.92 Å². The van der Waals surface area contributed by atoms with Crippen molar-refractivity contribution < 1.29 is 4.79 Å². The molecule has 22 heavy (non-hydrogen) atoms. The molecule has 3 saturated heterocycles. The van der Waals surface area contributed by atoms with Crippen molar-refractivity contribution in [1.82, 2.24) is 15.1 Å². The van der Waals surface area contributed by atoms with Crippen molar-refractivity contribution >= 4 is 5.91 Å². The Hall–Kier alpha value is -0.610. The third-order valence-electron chi connectivity index (χ3n) is 6.01. The van der Waals surface area contributed by atoms with E-state index >= 15 is 0 Å². The first-order valence-corrected chi connectivity index (χ1v) is 9.44. The molecule has 126 valence electrons. The molecular formula is C18H33N3O. The maximum Gasteiger partial charge on any atom is 0.225 e.